The average molecular weight is 468 g/mol. The van der Waals surface area contributed by atoms with Gasteiger partial charge in [0.2, 0.25) is 5.89 Å². The summed E-state index contributed by atoms with van der Waals surface area (Å²) in [5.74, 6) is 1.77. The first-order valence-corrected chi connectivity index (χ1v) is 11.5. The van der Waals surface area contributed by atoms with Gasteiger partial charge < -0.3 is 23.7 Å². The first kappa shape index (κ1) is 25.3. The number of aromatic nitrogens is 1. The van der Waals surface area contributed by atoms with E-state index in [-0.39, 0.29) is 12.7 Å². The van der Waals surface area contributed by atoms with Crippen LogP contribution in [0.25, 0.3) is 11.5 Å². The zero-order valence-electron chi connectivity index (χ0n) is 20.7. The lowest BCUT2D eigenvalue weighted by Crippen LogP contribution is -2.27. The van der Waals surface area contributed by atoms with Crippen molar-refractivity contribution in [1.29, 1.82) is 0 Å². The Morgan fingerprint density at radius 3 is 2.26 bits per heavy atom. The van der Waals surface area contributed by atoms with Gasteiger partial charge in [-0.05, 0) is 94.6 Å². The van der Waals surface area contributed by atoms with Gasteiger partial charge in [0.1, 0.15) is 29.6 Å². The van der Waals surface area contributed by atoms with Gasteiger partial charge in [0.15, 0.2) is 6.10 Å². The fraction of sp³-hybridized carbons (Fsp3) is 0.407. The fourth-order valence-electron chi connectivity index (χ4n) is 3.75. The minimum atomic E-state index is -0.958. The molecule has 0 bridgehead atoms. The lowest BCUT2D eigenvalue weighted by Gasteiger charge is -2.17. The van der Waals surface area contributed by atoms with Crippen LogP contribution in [0.4, 0.5) is 0 Å². The summed E-state index contributed by atoms with van der Waals surface area (Å²) in [5.41, 5.74) is 4.46. The van der Waals surface area contributed by atoms with E-state index in [1.807, 2.05) is 71.0 Å². The van der Waals surface area contributed by atoms with E-state index in [0.29, 0.717) is 30.4 Å². The summed E-state index contributed by atoms with van der Waals surface area (Å²) in [6.07, 6.45) is -0.437. The van der Waals surface area contributed by atoms with Crippen molar-refractivity contribution in [3.8, 4) is 23.0 Å². The van der Waals surface area contributed by atoms with E-state index in [2.05, 4.69) is 4.98 Å². The third-order valence-corrected chi connectivity index (χ3v) is 5.44. The Morgan fingerprint density at radius 2 is 1.71 bits per heavy atom. The first-order valence-electron chi connectivity index (χ1n) is 11.5. The van der Waals surface area contributed by atoms with Gasteiger partial charge in [0, 0.05) is 18.6 Å². The normalized spacial score (nSPS) is 12.1. The van der Waals surface area contributed by atoms with Crippen LogP contribution < -0.4 is 9.47 Å². The Bertz CT molecular complexity index is 1090. The van der Waals surface area contributed by atoms with Crippen LogP contribution in [-0.2, 0) is 22.6 Å². The largest absolute Gasteiger partial charge is 0.491 e. The number of hydrogen-bond donors (Lipinski definition) is 1. The highest BCUT2D eigenvalue weighted by Gasteiger charge is 2.21. The number of carboxylic acid groups (broad SMARTS) is 1. The Labute approximate surface area is 200 Å². The molecule has 7 heteroatoms. The van der Waals surface area contributed by atoms with Gasteiger partial charge in [-0.1, -0.05) is 0 Å². The molecule has 0 aliphatic heterocycles. The smallest absolute Gasteiger partial charge is 0.333 e. The zero-order chi connectivity index (χ0) is 24.8. The molecule has 0 saturated carbocycles. The van der Waals surface area contributed by atoms with E-state index < -0.39 is 12.1 Å². The zero-order valence-corrected chi connectivity index (χ0v) is 20.7. The molecule has 1 atom stereocenters. The molecule has 0 saturated heterocycles. The molecular weight excluding hydrogens is 434 g/mol. The maximum atomic E-state index is 11.5. The number of benzene rings is 2. The molecule has 1 N–H and O–H groups in total. The molecule has 1 unspecified atom stereocenters. The summed E-state index contributed by atoms with van der Waals surface area (Å²) in [4.78, 5) is 16.1. The van der Waals surface area contributed by atoms with Crippen LogP contribution in [0, 0.1) is 20.8 Å². The van der Waals surface area contributed by atoms with Crippen LogP contribution in [0.2, 0.25) is 0 Å². The maximum absolute atomic E-state index is 11.5. The third-order valence-electron chi connectivity index (χ3n) is 5.44. The van der Waals surface area contributed by atoms with Gasteiger partial charge in [-0.25, -0.2) is 9.78 Å². The Kier molecular flexibility index (Phi) is 8.34. The lowest BCUT2D eigenvalue weighted by molar-refractivity contribution is -0.149. The molecule has 0 fully saturated rings. The summed E-state index contributed by atoms with van der Waals surface area (Å²) in [6.45, 7) is 12.1. The number of carbonyl (C=O) groups is 1. The van der Waals surface area contributed by atoms with Crippen LogP contribution in [-0.4, -0.2) is 34.9 Å². The second-order valence-electron chi connectivity index (χ2n) is 8.52. The quantitative estimate of drug-likeness (QED) is 0.389. The van der Waals surface area contributed by atoms with Crippen LogP contribution in [0.1, 0.15) is 48.9 Å². The van der Waals surface area contributed by atoms with Crippen LogP contribution in [0.5, 0.6) is 11.5 Å². The molecular formula is C27H33NO6. The minimum Gasteiger partial charge on any atom is -0.491 e. The molecule has 0 aliphatic rings. The molecule has 3 aromatic rings. The second kappa shape index (κ2) is 11.2. The van der Waals surface area contributed by atoms with Gasteiger partial charge in [-0.3, -0.25) is 0 Å². The molecule has 7 nitrogen and oxygen atoms in total. The average Bonchev–Trinajstić information content (AvgIpc) is 3.14. The van der Waals surface area contributed by atoms with Crippen molar-refractivity contribution >= 4 is 5.97 Å². The van der Waals surface area contributed by atoms with Crippen LogP contribution in [0.3, 0.4) is 0 Å². The van der Waals surface area contributed by atoms with Crippen LogP contribution in [0.15, 0.2) is 40.8 Å². The number of ether oxygens (including phenoxy) is 3. The molecule has 34 heavy (non-hydrogen) atoms. The Morgan fingerprint density at radius 1 is 1.06 bits per heavy atom. The SMILES string of the molecule is CCOC(Cc1c(C)cc(OCc2nc(-c3ccc(OC(C)C)cc3)oc2C)cc1C)C(=O)O. The van der Waals surface area contributed by atoms with Gasteiger partial charge in [0.05, 0.1) is 6.10 Å². The summed E-state index contributed by atoms with van der Waals surface area (Å²) in [6, 6.07) is 11.5. The van der Waals surface area contributed by atoms with Crippen molar-refractivity contribution in [1.82, 2.24) is 4.98 Å². The summed E-state index contributed by atoms with van der Waals surface area (Å²) >= 11 is 0. The highest BCUT2D eigenvalue weighted by molar-refractivity contribution is 5.73. The minimum absolute atomic E-state index is 0.114. The summed E-state index contributed by atoms with van der Waals surface area (Å²) in [5, 5.41) is 9.40. The fourth-order valence-corrected chi connectivity index (χ4v) is 3.75. The number of nitrogens with zero attached hydrogens (tertiary/aromatic N) is 1. The van der Waals surface area contributed by atoms with Crippen molar-refractivity contribution in [2.24, 2.45) is 0 Å². The van der Waals surface area contributed by atoms with E-state index in [1.54, 1.807) is 6.92 Å². The topological polar surface area (TPSA) is 91.0 Å². The summed E-state index contributed by atoms with van der Waals surface area (Å²) < 4.78 is 22.9. The van der Waals surface area contributed by atoms with E-state index >= 15 is 0 Å². The molecule has 0 spiro atoms. The van der Waals surface area contributed by atoms with Gasteiger partial charge in [-0.2, -0.15) is 0 Å². The highest BCUT2D eigenvalue weighted by Crippen LogP contribution is 2.27. The van der Waals surface area contributed by atoms with E-state index in [4.69, 9.17) is 18.6 Å². The Hall–Kier alpha value is -3.32. The molecule has 1 heterocycles. The van der Waals surface area contributed by atoms with E-state index in [9.17, 15) is 9.90 Å². The number of carboxylic acids is 1. The molecule has 0 aliphatic carbocycles. The third kappa shape index (κ3) is 6.38. The number of oxazole rings is 1. The van der Waals surface area contributed by atoms with E-state index in [0.717, 1.165) is 33.7 Å². The predicted molar refractivity (Wildman–Crippen MR) is 129 cm³/mol. The Balaban J connectivity index is 1.70. The van der Waals surface area contributed by atoms with Crippen molar-refractivity contribution in [3.63, 3.8) is 0 Å². The highest BCUT2D eigenvalue weighted by atomic mass is 16.5. The molecule has 182 valence electrons. The maximum Gasteiger partial charge on any atom is 0.333 e. The standard InChI is InChI=1S/C27H33NO6/c1-7-31-25(27(29)30)14-23-17(4)12-22(13-18(23)5)32-15-24-19(6)34-26(28-24)20-8-10-21(11-9-20)33-16(2)3/h8-13,16,25H,7,14-15H2,1-6H3,(H,29,30). The second-order valence-corrected chi connectivity index (χ2v) is 8.52. The number of aliphatic carboxylic acids is 1. The molecule has 0 amide bonds. The van der Waals surface area contributed by atoms with Crippen molar-refractivity contribution in [3.05, 3.63) is 64.5 Å². The van der Waals surface area contributed by atoms with Crippen molar-refractivity contribution in [2.75, 3.05) is 6.61 Å². The predicted octanol–water partition coefficient (Wildman–Crippen LogP) is 5.67. The monoisotopic (exact) mass is 467 g/mol. The van der Waals surface area contributed by atoms with Gasteiger partial charge in [0.25, 0.3) is 0 Å². The van der Waals surface area contributed by atoms with Crippen molar-refractivity contribution in [2.45, 2.75) is 66.8 Å². The number of aryl methyl sites for hydroxylation is 3. The number of hydrogen-bond acceptors (Lipinski definition) is 6. The van der Waals surface area contributed by atoms with Crippen molar-refractivity contribution < 1.29 is 28.5 Å². The van der Waals surface area contributed by atoms with Gasteiger partial charge in [-0.15, -0.1) is 0 Å². The van der Waals surface area contributed by atoms with Gasteiger partial charge >= 0.3 is 5.97 Å². The van der Waals surface area contributed by atoms with E-state index in [1.165, 1.54) is 0 Å². The first-order chi connectivity index (χ1) is 16.2. The molecule has 1 aromatic heterocycles. The molecule has 3 rings (SSSR count). The number of rotatable bonds is 11. The molecule has 2 aromatic carbocycles. The molecule has 0 radical (unpaired) electrons. The van der Waals surface area contributed by atoms with Crippen LogP contribution >= 0.6 is 0 Å². The summed E-state index contributed by atoms with van der Waals surface area (Å²) in [7, 11) is 0. The lowest BCUT2D eigenvalue weighted by atomic mass is 9.97.